The van der Waals surface area contributed by atoms with Gasteiger partial charge in [-0.15, -0.1) is 0 Å². The van der Waals surface area contributed by atoms with E-state index in [0.29, 0.717) is 5.92 Å². The molecule has 0 fully saturated rings. The zero-order chi connectivity index (χ0) is 8.55. The first-order chi connectivity index (χ1) is 5.75. The molecule has 64 valence electrons. The Balaban J connectivity index is 2.26. The molecular formula is C10H12O2. The highest BCUT2D eigenvalue weighted by molar-refractivity contribution is 5.84. The van der Waals surface area contributed by atoms with Crippen LogP contribution >= 0.6 is 0 Å². The van der Waals surface area contributed by atoms with Crippen molar-refractivity contribution in [2.45, 2.75) is 25.9 Å². The minimum Gasteiger partial charge on any atom is -0.454 e. The molecule has 0 aromatic rings. The van der Waals surface area contributed by atoms with Crippen molar-refractivity contribution in [2.75, 3.05) is 0 Å². The molecule has 1 aliphatic heterocycles. The Morgan fingerprint density at radius 3 is 3.08 bits per heavy atom. The molecule has 2 unspecified atom stereocenters. The average Bonchev–Trinajstić information content (AvgIpc) is 2.05. The van der Waals surface area contributed by atoms with Crippen molar-refractivity contribution < 1.29 is 9.53 Å². The fourth-order valence-electron chi connectivity index (χ4n) is 1.73. The van der Waals surface area contributed by atoms with E-state index in [4.69, 9.17) is 4.74 Å². The molecule has 1 aliphatic carbocycles. The highest BCUT2D eigenvalue weighted by Gasteiger charge is 2.24. The lowest BCUT2D eigenvalue weighted by molar-refractivity contribution is -0.142. The van der Waals surface area contributed by atoms with Crippen LogP contribution in [-0.4, -0.2) is 12.1 Å². The molecule has 1 heterocycles. The normalized spacial score (nSPS) is 33.8. The highest BCUT2D eigenvalue weighted by atomic mass is 16.5. The Morgan fingerprint density at radius 1 is 1.42 bits per heavy atom. The second kappa shape index (κ2) is 2.77. The summed E-state index contributed by atoms with van der Waals surface area (Å²) in [4.78, 5) is 10.9. The maximum Gasteiger partial charge on any atom is 0.331 e. The number of carbonyl (C=O) groups is 1. The number of hydrogen-bond acceptors (Lipinski definition) is 2. The van der Waals surface area contributed by atoms with Gasteiger partial charge in [-0.2, -0.15) is 0 Å². The van der Waals surface area contributed by atoms with Crippen LogP contribution in [0.2, 0.25) is 0 Å². The van der Waals surface area contributed by atoms with E-state index in [0.717, 1.165) is 12.8 Å². The summed E-state index contributed by atoms with van der Waals surface area (Å²) in [5, 5.41) is 0. The molecule has 12 heavy (non-hydrogen) atoms. The summed E-state index contributed by atoms with van der Waals surface area (Å²) in [6, 6.07) is 0. The van der Waals surface area contributed by atoms with Gasteiger partial charge >= 0.3 is 5.97 Å². The standard InChI is InChI=1S/C10H12O2/c1-7-2-4-9-8(6-7)3-5-10(11)12-9/h3,5-7,9H,2,4H2,1H3. The first kappa shape index (κ1) is 7.59. The zero-order valence-electron chi connectivity index (χ0n) is 7.12. The van der Waals surface area contributed by atoms with Crippen LogP contribution in [0, 0.1) is 5.92 Å². The smallest absolute Gasteiger partial charge is 0.331 e. The van der Waals surface area contributed by atoms with Gasteiger partial charge in [-0.25, -0.2) is 4.79 Å². The van der Waals surface area contributed by atoms with Gasteiger partial charge in [-0.1, -0.05) is 13.0 Å². The van der Waals surface area contributed by atoms with Gasteiger partial charge in [-0.05, 0) is 30.4 Å². The van der Waals surface area contributed by atoms with Crippen LogP contribution in [0.25, 0.3) is 0 Å². The van der Waals surface area contributed by atoms with E-state index in [1.165, 1.54) is 11.6 Å². The molecule has 2 nitrogen and oxygen atoms in total. The monoisotopic (exact) mass is 164 g/mol. The molecule has 0 aromatic heterocycles. The Kier molecular flexibility index (Phi) is 1.75. The Morgan fingerprint density at radius 2 is 2.25 bits per heavy atom. The molecule has 2 aliphatic rings. The van der Waals surface area contributed by atoms with E-state index in [9.17, 15) is 4.79 Å². The van der Waals surface area contributed by atoms with Crippen LogP contribution < -0.4 is 0 Å². The van der Waals surface area contributed by atoms with Gasteiger partial charge in [0.25, 0.3) is 0 Å². The van der Waals surface area contributed by atoms with E-state index < -0.39 is 0 Å². The lowest BCUT2D eigenvalue weighted by atomic mass is 9.88. The molecular weight excluding hydrogens is 152 g/mol. The summed E-state index contributed by atoms with van der Waals surface area (Å²) in [7, 11) is 0. The molecule has 2 atom stereocenters. The van der Waals surface area contributed by atoms with Crippen molar-refractivity contribution in [3.05, 3.63) is 23.8 Å². The van der Waals surface area contributed by atoms with Crippen LogP contribution in [0.1, 0.15) is 19.8 Å². The van der Waals surface area contributed by atoms with Crippen molar-refractivity contribution >= 4 is 5.97 Å². The fourth-order valence-corrected chi connectivity index (χ4v) is 1.73. The Hall–Kier alpha value is -1.05. The molecule has 0 bridgehead atoms. The number of allylic oxidation sites excluding steroid dienone is 1. The molecule has 0 aromatic carbocycles. The Bertz CT molecular complexity index is 263. The van der Waals surface area contributed by atoms with Crippen molar-refractivity contribution in [1.29, 1.82) is 0 Å². The summed E-state index contributed by atoms with van der Waals surface area (Å²) >= 11 is 0. The minimum absolute atomic E-state index is 0.0405. The maximum absolute atomic E-state index is 10.9. The van der Waals surface area contributed by atoms with Gasteiger partial charge in [0.2, 0.25) is 0 Å². The van der Waals surface area contributed by atoms with Crippen LogP contribution in [0.4, 0.5) is 0 Å². The quantitative estimate of drug-likeness (QED) is 0.510. The molecule has 0 amide bonds. The van der Waals surface area contributed by atoms with E-state index in [1.807, 2.05) is 6.08 Å². The highest BCUT2D eigenvalue weighted by Crippen LogP contribution is 2.28. The van der Waals surface area contributed by atoms with E-state index in [-0.39, 0.29) is 12.1 Å². The number of rotatable bonds is 0. The van der Waals surface area contributed by atoms with Gasteiger partial charge in [0.1, 0.15) is 6.10 Å². The second-order valence-electron chi connectivity index (χ2n) is 3.48. The summed E-state index contributed by atoms with van der Waals surface area (Å²) in [6.45, 7) is 2.19. The summed E-state index contributed by atoms with van der Waals surface area (Å²) < 4.78 is 5.14. The first-order valence-electron chi connectivity index (χ1n) is 4.36. The second-order valence-corrected chi connectivity index (χ2v) is 3.48. The van der Waals surface area contributed by atoms with Gasteiger partial charge in [0.15, 0.2) is 0 Å². The van der Waals surface area contributed by atoms with Crippen LogP contribution in [0.5, 0.6) is 0 Å². The number of esters is 1. The van der Waals surface area contributed by atoms with Gasteiger partial charge in [-0.3, -0.25) is 0 Å². The lowest BCUT2D eigenvalue weighted by Crippen LogP contribution is -2.26. The summed E-state index contributed by atoms with van der Waals surface area (Å²) in [5.41, 5.74) is 1.17. The maximum atomic E-state index is 10.9. The zero-order valence-corrected chi connectivity index (χ0v) is 7.12. The number of hydrogen-bond donors (Lipinski definition) is 0. The van der Waals surface area contributed by atoms with Crippen molar-refractivity contribution in [1.82, 2.24) is 0 Å². The number of carbonyl (C=O) groups excluding carboxylic acids is 1. The third-order valence-corrected chi connectivity index (χ3v) is 2.40. The minimum atomic E-state index is -0.202. The molecule has 0 radical (unpaired) electrons. The third-order valence-electron chi connectivity index (χ3n) is 2.40. The SMILES string of the molecule is CC1C=C2C=CC(=O)OC2CC1. The van der Waals surface area contributed by atoms with Gasteiger partial charge in [0, 0.05) is 6.08 Å². The first-order valence-corrected chi connectivity index (χ1v) is 4.36. The van der Waals surface area contributed by atoms with Gasteiger partial charge in [0.05, 0.1) is 0 Å². The third kappa shape index (κ3) is 1.29. The van der Waals surface area contributed by atoms with Crippen molar-refractivity contribution in [3.8, 4) is 0 Å². The van der Waals surface area contributed by atoms with Crippen LogP contribution in [0.3, 0.4) is 0 Å². The number of fused-ring (bicyclic) bond motifs is 1. The summed E-state index contributed by atoms with van der Waals surface area (Å²) in [6.07, 6.45) is 7.71. The molecule has 2 heteroatoms. The topological polar surface area (TPSA) is 26.3 Å². The largest absolute Gasteiger partial charge is 0.454 e. The average molecular weight is 164 g/mol. The van der Waals surface area contributed by atoms with E-state index >= 15 is 0 Å². The van der Waals surface area contributed by atoms with Crippen molar-refractivity contribution in [2.24, 2.45) is 5.92 Å². The van der Waals surface area contributed by atoms with E-state index in [2.05, 4.69) is 13.0 Å². The molecule has 2 rings (SSSR count). The fraction of sp³-hybridized carbons (Fsp3) is 0.500. The summed E-state index contributed by atoms with van der Waals surface area (Å²) in [5.74, 6) is 0.421. The lowest BCUT2D eigenvalue weighted by Gasteiger charge is -2.27. The molecule has 0 saturated heterocycles. The predicted octanol–water partition coefficient (Wildman–Crippen LogP) is 1.82. The number of ether oxygens (including phenoxy) is 1. The van der Waals surface area contributed by atoms with E-state index in [1.54, 1.807) is 0 Å². The molecule has 0 spiro atoms. The Labute approximate surface area is 71.9 Å². The predicted molar refractivity (Wildman–Crippen MR) is 45.5 cm³/mol. The molecule has 0 saturated carbocycles. The van der Waals surface area contributed by atoms with Crippen LogP contribution in [0.15, 0.2) is 23.8 Å². The van der Waals surface area contributed by atoms with Gasteiger partial charge < -0.3 is 4.74 Å². The van der Waals surface area contributed by atoms with Crippen LogP contribution in [-0.2, 0) is 9.53 Å². The molecule has 0 N–H and O–H groups in total. The van der Waals surface area contributed by atoms with Crippen molar-refractivity contribution in [3.63, 3.8) is 0 Å².